The zero-order valence-electron chi connectivity index (χ0n) is 26.8. The maximum absolute atomic E-state index is 13.0. The van der Waals surface area contributed by atoms with Crippen molar-refractivity contribution in [3.05, 3.63) is 85.5 Å². The molecule has 0 saturated heterocycles. The molecule has 0 radical (unpaired) electrons. The van der Waals surface area contributed by atoms with Gasteiger partial charge in [0.1, 0.15) is 22.5 Å². The predicted octanol–water partition coefficient (Wildman–Crippen LogP) is 4.22. The Morgan fingerprint density at radius 1 is 0.739 bits per heavy atom. The summed E-state index contributed by atoms with van der Waals surface area (Å²) in [5, 5.41) is 3.97. The number of aromatic nitrogens is 4. The second kappa shape index (κ2) is 16.8. The van der Waals surface area contributed by atoms with Gasteiger partial charge in [0.2, 0.25) is 26.0 Å². The van der Waals surface area contributed by atoms with Crippen LogP contribution in [0.15, 0.2) is 89.3 Å². The maximum Gasteiger partial charge on any atom is 0.240 e. The largest absolute Gasteiger partial charge is 0.240 e. The van der Waals surface area contributed by atoms with Gasteiger partial charge in [0.25, 0.3) is 0 Å². The lowest BCUT2D eigenvalue weighted by Crippen LogP contribution is -2.30. The Kier molecular flexibility index (Phi) is 14.1. The van der Waals surface area contributed by atoms with E-state index in [1.165, 1.54) is 37.0 Å². The first-order valence-electron chi connectivity index (χ1n) is 14.2. The highest BCUT2D eigenvalue weighted by molar-refractivity contribution is 7.90. The molecule has 252 valence electrons. The minimum Gasteiger partial charge on any atom is -0.229 e. The fourth-order valence-electron chi connectivity index (χ4n) is 3.89. The highest BCUT2D eigenvalue weighted by atomic mass is 32.2. The normalized spacial score (nSPS) is 12.0. The summed E-state index contributed by atoms with van der Waals surface area (Å²) in [6, 6.07) is 15.4. The number of nitrogens with one attached hydrogen (secondary N) is 2. The fraction of sp³-hybridized carbons (Fsp3) is 0.367. The number of sulfone groups is 1. The third-order valence-electron chi connectivity index (χ3n) is 5.47. The van der Waals surface area contributed by atoms with Crippen LogP contribution in [0.2, 0.25) is 0 Å². The van der Waals surface area contributed by atoms with Crippen LogP contribution in [0.5, 0.6) is 0 Å². The van der Waals surface area contributed by atoms with Crippen molar-refractivity contribution >= 4 is 29.9 Å². The van der Waals surface area contributed by atoms with Crippen LogP contribution in [0.25, 0.3) is 16.8 Å². The van der Waals surface area contributed by atoms with E-state index in [9.17, 15) is 29.6 Å². The maximum atomic E-state index is 13.0. The lowest BCUT2D eigenvalue weighted by molar-refractivity contribution is 0.568. The molecule has 0 fully saturated rings. The highest BCUT2D eigenvalue weighted by Crippen LogP contribution is 2.21. The van der Waals surface area contributed by atoms with Crippen molar-refractivity contribution in [2.75, 3.05) is 12.0 Å². The Morgan fingerprint density at radius 3 is 1.61 bits per heavy atom. The zero-order chi connectivity index (χ0) is 34.7. The lowest BCUT2D eigenvalue weighted by atomic mass is 10.1. The first-order chi connectivity index (χ1) is 21.3. The first kappa shape index (κ1) is 38.6. The van der Waals surface area contributed by atoms with E-state index in [-0.39, 0.29) is 27.8 Å². The van der Waals surface area contributed by atoms with Crippen LogP contribution < -0.4 is 9.44 Å². The van der Waals surface area contributed by atoms with Crippen molar-refractivity contribution in [2.24, 2.45) is 5.92 Å². The predicted molar refractivity (Wildman–Crippen MR) is 176 cm³/mol. The van der Waals surface area contributed by atoms with Crippen molar-refractivity contribution in [1.82, 2.24) is 29.2 Å². The number of rotatable bonds is 10. The van der Waals surface area contributed by atoms with E-state index in [4.69, 9.17) is 0 Å². The van der Waals surface area contributed by atoms with Gasteiger partial charge >= 0.3 is 0 Å². The minimum absolute atomic E-state index is 0.134. The summed E-state index contributed by atoms with van der Waals surface area (Å²) in [6.45, 7) is 10.8. The van der Waals surface area contributed by atoms with Crippen LogP contribution in [0.4, 0.5) is 4.39 Å². The number of sulfonamides is 2. The Morgan fingerprint density at radius 2 is 1.24 bits per heavy atom. The van der Waals surface area contributed by atoms with Gasteiger partial charge in [-0.05, 0) is 87.2 Å². The Labute approximate surface area is 271 Å². The molecule has 4 aromatic rings. The second-order valence-corrected chi connectivity index (χ2v) is 16.9. The third kappa shape index (κ3) is 13.4. The monoisotopic (exact) mass is 696 g/mol. The summed E-state index contributed by atoms with van der Waals surface area (Å²) in [5.74, 6) is -0.0156. The Hall–Kier alpha value is -3.57. The molecule has 2 aromatic carbocycles. The average molecular weight is 697 g/mol. The zero-order valence-corrected chi connectivity index (χ0v) is 29.2. The summed E-state index contributed by atoms with van der Waals surface area (Å²) in [5.41, 5.74) is 2.14. The van der Waals surface area contributed by atoms with Crippen LogP contribution in [0, 0.1) is 11.9 Å². The van der Waals surface area contributed by atoms with E-state index in [0.29, 0.717) is 11.3 Å². The molecule has 0 unspecified atom stereocenters. The summed E-state index contributed by atoms with van der Waals surface area (Å²) in [7, 11) is -9.67. The molecule has 0 spiro atoms. The molecule has 0 bridgehead atoms. The summed E-state index contributed by atoms with van der Waals surface area (Å²) >= 11 is 0. The van der Waals surface area contributed by atoms with Gasteiger partial charge in [-0.1, -0.05) is 26.0 Å². The molecule has 16 heteroatoms. The van der Waals surface area contributed by atoms with Crippen LogP contribution in [0.1, 0.15) is 41.5 Å². The van der Waals surface area contributed by atoms with Gasteiger partial charge in [-0.2, -0.15) is 9.49 Å². The molecule has 12 nitrogen and oxygen atoms in total. The molecule has 0 aliphatic carbocycles. The molecule has 4 rings (SSSR count). The van der Waals surface area contributed by atoms with E-state index in [1.54, 1.807) is 81.2 Å². The van der Waals surface area contributed by atoms with Gasteiger partial charge < -0.3 is 0 Å². The van der Waals surface area contributed by atoms with Crippen molar-refractivity contribution in [1.29, 1.82) is 0 Å². The minimum atomic E-state index is -3.50. The van der Waals surface area contributed by atoms with E-state index in [1.807, 2.05) is 13.8 Å². The fourth-order valence-corrected chi connectivity index (χ4v) is 7.60. The van der Waals surface area contributed by atoms with Gasteiger partial charge in [0.05, 0.1) is 21.2 Å². The summed E-state index contributed by atoms with van der Waals surface area (Å²) in [6.07, 6.45) is 5.60. The highest BCUT2D eigenvalue weighted by Gasteiger charge is 2.16. The van der Waals surface area contributed by atoms with Gasteiger partial charge in [0.15, 0.2) is 0 Å². The van der Waals surface area contributed by atoms with Crippen molar-refractivity contribution in [3.63, 3.8) is 0 Å². The molecule has 0 aliphatic rings. The molecule has 46 heavy (non-hydrogen) atoms. The Balaban J connectivity index is 0.000000262. The van der Waals surface area contributed by atoms with Gasteiger partial charge in [0, 0.05) is 30.6 Å². The number of pyridine rings is 1. The van der Waals surface area contributed by atoms with E-state index in [2.05, 4.69) is 24.5 Å². The Bertz CT molecular complexity index is 1850. The summed E-state index contributed by atoms with van der Waals surface area (Å²) in [4.78, 5) is 7.73. The first-order valence-corrected chi connectivity index (χ1v) is 19.2. The molecule has 2 aromatic heterocycles. The molecular formula is C30H41FN6O6S3. The molecule has 0 aliphatic heterocycles. The quantitative estimate of drug-likeness (QED) is 0.231. The topological polar surface area (TPSA) is 170 Å². The van der Waals surface area contributed by atoms with E-state index >= 15 is 0 Å². The molecule has 0 atom stereocenters. The average Bonchev–Trinajstić information content (AvgIpc) is 3.47. The van der Waals surface area contributed by atoms with Crippen molar-refractivity contribution in [2.45, 2.75) is 63.4 Å². The smallest absolute Gasteiger partial charge is 0.229 e. The van der Waals surface area contributed by atoms with Crippen LogP contribution >= 0.6 is 0 Å². The van der Waals surface area contributed by atoms with Gasteiger partial charge in [-0.15, -0.1) is 0 Å². The van der Waals surface area contributed by atoms with Crippen LogP contribution in [-0.4, -0.2) is 69.1 Å². The van der Waals surface area contributed by atoms with Gasteiger partial charge in [-0.25, -0.2) is 49.3 Å². The molecule has 2 heterocycles. The standard InChI is InChI=1S/C14H15FN2O2S.C11H14N4O2S.C5H12O2S/c1-10(2)17-20(18,19)13-5-3-11(4-6-13)12-7-8-16-14(15)9-12;1-9(2)14-18(16,17)11-5-3-10(4-6-11)15-8-12-7-13-15;1-5(2)4-8(3,6)7/h3-10,17H,1-2H3;3-9,14H,1-2H3;5H,4H2,1-3H3. The van der Waals surface area contributed by atoms with E-state index < -0.39 is 35.8 Å². The third-order valence-corrected chi connectivity index (χ3v) is 10.1. The number of benzene rings is 2. The number of hydrogen-bond donors (Lipinski definition) is 2. The summed E-state index contributed by atoms with van der Waals surface area (Å²) < 4.78 is 88.2. The van der Waals surface area contributed by atoms with Crippen LogP contribution in [-0.2, 0) is 29.9 Å². The second-order valence-electron chi connectivity index (χ2n) is 11.3. The number of halogens is 1. The van der Waals surface area contributed by atoms with Crippen LogP contribution in [0.3, 0.4) is 0 Å². The molecule has 2 N–H and O–H groups in total. The SMILES string of the molecule is CC(C)CS(C)(=O)=O.CC(C)NS(=O)(=O)c1ccc(-c2ccnc(F)c2)cc1.CC(C)NS(=O)(=O)c1ccc(-n2cncn2)cc1. The number of hydrogen-bond acceptors (Lipinski definition) is 9. The molecule has 0 saturated carbocycles. The van der Waals surface area contributed by atoms with Gasteiger partial charge in [-0.3, -0.25) is 0 Å². The lowest BCUT2D eigenvalue weighted by Gasteiger charge is -2.10. The van der Waals surface area contributed by atoms with Crippen molar-refractivity contribution in [3.8, 4) is 16.8 Å². The molecular weight excluding hydrogens is 656 g/mol. The molecule has 0 amide bonds. The van der Waals surface area contributed by atoms with Crippen molar-refractivity contribution < 1.29 is 29.6 Å². The van der Waals surface area contributed by atoms with E-state index in [0.717, 1.165) is 11.3 Å². The number of nitrogens with zero attached hydrogens (tertiary/aromatic N) is 4.